The molecular weight excluding hydrogens is 640 g/mol. The Morgan fingerprint density at radius 3 is 2.12 bits per heavy atom. The largest absolute Gasteiger partial charge is 0.463 e. The highest BCUT2D eigenvalue weighted by Gasteiger charge is 2.60. The van der Waals surface area contributed by atoms with E-state index in [0.29, 0.717) is 19.4 Å². The van der Waals surface area contributed by atoms with Crippen LogP contribution in [0.15, 0.2) is 5.16 Å². The van der Waals surface area contributed by atoms with E-state index in [4.69, 9.17) is 33.3 Å². The van der Waals surface area contributed by atoms with Crippen LogP contribution >= 0.6 is 0 Å². The second-order valence-corrected chi connectivity index (χ2v) is 12.8. The molecule has 266 valence electrons. The van der Waals surface area contributed by atoms with E-state index in [2.05, 4.69) is 5.16 Å². The molecule has 0 spiro atoms. The highest BCUT2D eigenvalue weighted by Crippen LogP contribution is 2.50. The first-order valence-corrected chi connectivity index (χ1v) is 16.1. The van der Waals surface area contributed by atoms with E-state index in [1.54, 1.807) is 0 Å². The maximum Gasteiger partial charge on any atom is 0.303 e. The number of nitrogens with zero attached hydrogens (tertiary/aromatic N) is 2. The first kappa shape index (κ1) is 35.6. The average Bonchev–Trinajstić information content (AvgIpc) is 3.61. The molecule has 2 N–H and O–H groups in total. The summed E-state index contributed by atoms with van der Waals surface area (Å²) in [7, 11) is 0. The Hall–Kier alpha value is -3.67. The van der Waals surface area contributed by atoms with Gasteiger partial charge < -0.3 is 43.5 Å². The molecule has 2 saturated carbocycles. The number of rotatable bonds is 9. The maximum absolute atomic E-state index is 13.7. The Bertz CT molecular complexity index is 1310. The molecule has 5 fully saturated rings. The molecule has 0 aromatic heterocycles. The second kappa shape index (κ2) is 14.8. The molecule has 2 amide bonds. The van der Waals surface area contributed by atoms with Crippen molar-refractivity contribution in [2.24, 2.45) is 28.8 Å². The van der Waals surface area contributed by atoms with E-state index >= 15 is 0 Å². The predicted octanol–water partition coefficient (Wildman–Crippen LogP) is -0.626. The van der Waals surface area contributed by atoms with Crippen molar-refractivity contribution in [2.75, 3.05) is 19.8 Å². The number of aliphatic hydroxyl groups excluding tert-OH is 2. The lowest BCUT2D eigenvalue weighted by atomic mass is 9.60. The smallest absolute Gasteiger partial charge is 0.303 e. The fourth-order valence-corrected chi connectivity index (χ4v) is 7.60. The third-order valence-corrected chi connectivity index (χ3v) is 9.50. The number of aliphatic hydroxyl groups is 2. The molecule has 3 heterocycles. The van der Waals surface area contributed by atoms with Crippen LogP contribution in [0.25, 0.3) is 0 Å². The molecule has 5 rings (SSSR count). The summed E-state index contributed by atoms with van der Waals surface area (Å²) >= 11 is 0. The summed E-state index contributed by atoms with van der Waals surface area (Å²) in [5.74, 6) is -6.85. The minimum absolute atomic E-state index is 0.133. The minimum Gasteiger partial charge on any atom is -0.463 e. The average molecular weight is 683 g/mol. The molecular formula is C31H42N2O15. The van der Waals surface area contributed by atoms with Gasteiger partial charge in [0.1, 0.15) is 12.7 Å². The number of esters is 4. The molecule has 3 aliphatic heterocycles. The van der Waals surface area contributed by atoms with Crippen LogP contribution in [0.4, 0.5) is 0 Å². The molecule has 0 radical (unpaired) electrons. The van der Waals surface area contributed by atoms with Gasteiger partial charge in [-0.3, -0.25) is 33.7 Å². The van der Waals surface area contributed by atoms with Gasteiger partial charge in [-0.25, -0.2) is 0 Å². The summed E-state index contributed by atoms with van der Waals surface area (Å²) in [6.45, 7) is 4.64. The Balaban J connectivity index is 1.42. The molecule has 3 saturated heterocycles. The zero-order valence-electron chi connectivity index (χ0n) is 27.2. The lowest BCUT2D eigenvalue weighted by molar-refractivity contribution is -0.308. The summed E-state index contributed by atoms with van der Waals surface area (Å²) in [5.41, 5.74) is 0.266. The number of hydrogen-bond donors (Lipinski definition) is 2. The lowest BCUT2D eigenvalue weighted by Crippen LogP contribution is -2.62. The van der Waals surface area contributed by atoms with E-state index in [-0.39, 0.29) is 30.7 Å². The van der Waals surface area contributed by atoms with Gasteiger partial charge in [0, 0.05) is 52.6 Å². The molecule has 0 bridgehead atoms. The standard InChI is InChI=1S/C31H42N2O15/c1-13(34)43-12-22-26(44-14(2)35)27(45-15(3)36)28(46-16(4)37)31(47-22)48-32-20-10-21(38)25(39)23-18(20)7-8-19-24(23)30(41)33(29(19)40)11-17-6-5-9-42-17/h17-19,21-28,31,38-39H,5-12H2,1-4H3/b32-20+/t17-,18-,19+,21+,22+,23-,24+,25+,26+,27-,28+,31-/m0/s1. The van der Waals surface area contributed by atoms with Crippen molar-refractivity contribution < 1.29 is 72.2 Å². The van der Waals surface area contributed by atoms with Gasteiger partial charge >= 0.3 is 23.9 Å². The summed E-state index contributed by atoms with van der Waals surface area (Å²) < 4.78 is 32.9. The van der Waals surface area contributed by atoms with Gasteiger partial charge in [0.25, 0.3) is 6.29 Å². The Kier molecular flexibility index (Phi) is 11.0. The van der Waals surface area contributed by atoms with Crippen LogP contribution < -0.4 is 0 Å². The molecule has 0 unspecified atom stereocenters. The van der Waals surface area contributed by atoms with Gasteiger partial charge in [-0.15, -0.1) is 0 Å². The first-order chi connectivity index (χ1) is 22.8. The highest BCUT2D eigenvalue weighted by molar-refractivity contribution is 6.06. The summed E-state index contributed by atoms with van der Waals surface area (Å²) in [5, 5.41) is 26.3. The number of carbonyl (C=O) groups excluding carboxylic acids is 6. The van der Waals surface area contributed by atoms with Gasteiger partial charge in [0.15, 0.2) is 12.2 Å². The third kappa shape index (κ3) is 7.48. The van der Waals surface area contributed by atoms with Crippen molar-refractivity contribution in [2.45, 2.75) is 109 Å². The van der Waals surface area contributed by atoms with Crippen molar-refractivity contribution in [3.8, 4) is 0 Å². The molecule has 0 aromatic rings. The van der Waals surface area contributed by atoms with E-state index in [1.807, 2.05) is 0 Å². The highest BCUT2D eigenvalue weighted by atomic mass is 16.8. The quantitative estimate of drug-likeness (QED) is 0.134. The molecule has 2 aliphatic carbocycles. The predicted molar refractivity (Wildman–Crippen MR) is 156 cm³/mol. The maximum atomic E-state index is 13.7. The van der Waals surface area contributed by atoms with Gasteiger partial charge in [0.05, 0.1) is 42.4 Å². The number of amides is 2. The van der Waals surface area contributed by atoms with Crippen molar-refractivity contribution >= 4 is 41.4 Å². The molecule has 17 nitrogen and oxygen atoms in total. The fraction of sp³-hybridized carbons (Fsp3) is 0.774. The minimum atomic E-state index is -1.60. The number of oxime groups is 1. The van der Waals surface area contributed by atoms with Gasteiger partial charge in [-0.05, 0) is 25.7 Å². The van der Waals surface area contributed by atoms with Crippen LogP contribution in [0.2, 0.25) is 0 Å². The van der Waals surface area contributed by atoms with Crippen LogP contribution in [0, 0.1) is 23.7 Å². The number of ether oxygens (including phenoxy) is 6. The third-order valence-electron chi connectivity index (χ3n) is 9.50. The molecule has 0 aromatic carbocycles. The van der Waals surface area contributed by atoms with E-state index in [0.717, 1.165) is 40.5 Å². The topological polar surface area (TPSA) is 223 Å². The van der Waals surface area contributed by atoms with Crippen LogP contribution in [0.1, 0.15) is 59.8 Å². The van der Waals surface area contributed by atoms with E-state index in [1.165, 1.54) is 4.90 Å². The van der Waals surface area contributed by atoms with Gasteiger partial charge in [-0.1, -0.05) is 5.16 Å². The van der Waals surface area contributed by atoms with Gasteiger partial charge in [-0.2, -0.15) is 0 Å². The monoisotopic (exact) mass is 682 g/mol. The Labute approximate surface area is 276 Å². The van der Waals surface area contributed by atoms with E-state index in [9.17, 15) is 39.0 Å². The van der Waals surface area contributed by atoms with Crippen LogP contribution in [-0.2, 0) is 62.0 Å². The van der Waals surface area contributed by atoms with Crippen molar-refractivity contribution in [3.05, 3.63) is 0 Å². The van der Waals surface area contributed by atoms with Crippen LogP contribution in [0.3, 0.4) is 0 Å². The molecule has 48 heavy (non-hydrogen) atoms. The van der Waals surface area contributed by atoms with Crippen LogP contribution in [0.5, 0.6) is 0 Å². The first-order valence-electron chi connectivity index (χ1n) is 16.1. The Morgan fingerprint density at radius 2 is 1.50 bits per heavy atom. The van der Waals surface area contributed by atoms with Crippen molar-refractivity contribution in [3.63, 3.8) is 0 Å². The lowest BCUT2D eigenvalue weighted by Gasteiger charge is -2.46. The normalized spacial score (nSPS) is 38.5. The number of fused-ring (bicyclic) bond motifs is 3. The zero-order chi connectivity index (χ0) is 34.9. The van der Waals surface area contributed by atoms with Crippen molar-refractivity contribution in [1.82, 2.24) is 4.90 Å². The number of hydrogen-bond acceptors (Lipinski definition) is 16. The molecule has 12 atom stereocenters. The van der Waals surface area contributed by atoms with E-state index < -0.39 is 103 Å². The van der Waals surface area contributed by atoms with Crippen LogP contribution in [-0.4, -0.2) is 125 Å². The summed E-state index contributed by atoms with van der Waals surface area (Å²) in [6, 6.07) is 0. The Morgan fingerprint density at radius 1 is 0.854 bits per heavy atom. The fourth-order valence-electron chi connectivity index (χ4n) is 7.60. The zero-order valence-corrected chi connectivity index (χ0v) is 27.2. The molecule has 17 heteroatoms. The summed E-state index contributed by atoms with van der Waals surface area (Å²) in [4.78, 5) is 82.0. The SMILES string of the molecule is CC(=O)OC[C@H]1O[C@@H](O/N=C2\C[C@@H](O)[C@@H](O)[C@@H]3[C@@H]4C(=O)N(C[C@@H]5CCCO5)C(=O)[C@@H]4CC[C@@H]23)[C@H](OC(C)=O)[C@@H](OC(C)=O)[C@@H]1OC(C)=O. The number of imide groups is 1. The number of carbonyl (C=O) groups is 6. The number of likely N-dealkylation sites (tertiary alicyclic amines) is 1. The summed E-state index contributed by atoms with van der Waals surface area (Å²) in [6.07, 6.45) is -8.09. The molecule has 5 aliphatic rings. The second-order valence-electron chi connectivity index (χ2n) is 12.8. The van der Waals surface area contributed by atoms with Crippen molar-refractivity contribution in [1.29, 1.82) is 0 Å². The van der Waals surface area contributed by atoms with Gasteiger partial charge in [0.2, 0.25) is 17.9 Å².